The molecule has 0 spiro atoms. The van der Waals surface area contributed by atoms with Crippen molar-refractivity contribution in [3.8, 4) is 0 Å². The van der Waals surface area contributed by atoms with Crippen LogP contribution in [0.5, 0.6) is 0 Å². The van der Waals surface area contributed by atoms with Gasteiger partial charge in [0.25, 0.3) is 0 Å². The molecule has 0 radical (unpaired) electrons. The zero-order valence-corrected chi connectivity index (χ0v) is 14.9. The first-order valence-corrected chi connectivity index (χ1v) is 9.93. The van der Waals surface area contributed by atoms with Crippen molar-refractivity contribution < 1.29 is 18.3 Å². The number of nitrogens with zero attached hydrogens (tertiary/aromatic N) is 3. The summed E-state index contributed by atoms with van der Waals surface area (Å²) in [5.74, 6) is 0. The van der Waals surface area contributed by atoms with Crippen LogP contribution in [0.1, 0.15) is 32.4 Å². The van der Waals surface area contributed by atoms with Crippen molar-refractivity contribution in [1.29, 1.82) is 0 Å². The second-order valence-corrected chi connectivity index (χ2v) is 8.25. The van der Waals surface area contributed by atoms with Crippen molar-refractivity contribution in [2.24, 2.45) is 0 Å². The average Bonchev–Trinajstić information content (AvgIpc) is 3.08. The summed E-state index contributed by atoms with van der Waals surface area (Å²) in [6, 6.07) is 0.245. The van der Waals surface area contributed by atoms with Gasteiger partial charge in [-0.1, -0.05) is 0 Å². The van der Waals surface area contributed by atoms with E-state index < -0.39 is 9.84 Å². The summed E-state index contributed by atoms with van der Waals surface area (Å²) < 4.78 is 31.4. The largest absolute Gasteiger partial charge is 0.395 e. The summed E-state index contributed by atoms with van der Waals surface area (Å²) in [6.07, 6.45) is 4.78. The van der Waals surface area contributed by atoms with Crippen molar-refractivity contribution in [3.05, 3.63) is 11.9 Å². The first kappa shape index (κ1) is 18.4. The number of ether oxygens (including phenoxy) is 1. The third-order valence-electron chi connectivity index (χ3n) is 4.13. The van der Waals surface area contributed by atoms with E-state index in [1.165, 1.54) is 6.26 Å². The standard InChI is InChI=1S/C15H27N3O4S/c1-12(2)17(6-7-19)10-13-9-16-15(23(3,20)21)18(13)11-14-5-4-8-22-14/h9,12,14,19H,4-8,10-11H2,1-3H3/t14-/m1/s1. The van der Waals surface area contributed by atoms with Crippen LogP contribution < -0.4 is 0 Å². The van der Waals surface area contributed by atoms with E-state index in [-0.39, 0.29) is 23.9 Å². The summed E-state index contributed by atoms with van der Waals surface area (Å²) in [4.78, 5) is 6.22. The minimum absolute atomic E-state index is 0.0359. The molecule has 1 aromatic heterocycles. The molecule has 2 rings (SSSR count). The Bertz CT molecular complexity index is 606. The minimum atomic E-state index is -3.39. The van der Waals surface area contributed by atoms with Crippen LogP contribution in [0.15, 0.2) is 11.4 Å². The van der Waals surface area contributed by atoms with E-state index >= 15 is 0 Å². The maximum atomic E-state index is 12.0. The van der Waals surface area contributed by atoms with Crippen LogP contribution >= 0.6 is 0 Å². The summed E-state index contributed by atoms with van der Waals surface area (Å²) in [6.45, 7) is 6.48. The number of hydrogen-bond donors (Lipinski definition) is 1. The van der Waals surface area contributed by atoms with Crippen molar-refractivity contribution >= 4 is 9.84 Å². The van der Waals surface area contributed by atoms with Crippen LogP contribution in [0.25, 0.3) is 0 Å². The summed E-state index contributed by atoms with van der Waals surface area (Å²) >= 11 is 0. The molecule has 1 aliphatic heterocycles. The molecule has 0 aromatic carbocycles. The fourth-order valence-corrected chi connectivity index (χ4v) is 3.69. The number of aliphatic hydroxyl groups excluding tert-OH is 1. The highest BCUT2D eigenvalue weighted by molar-refractivity contribution is 7.90. The highest BCUT2D eigenvalue weighted by Crippen LogP contribution is 2.20. The lowest BCUT2D eigenvalue weighted by Crippen LogP contribution is -2.34. The van der Waals surface area contributed by atoms with Gasteiger partial charge in [0, 0.05) is 32.0 Å². The van der Waals surface area contributed by atoms with E-state index in [1.807, 2.05) is 13.8 Å². The molecule has 1 aliphatic rings. The Morgan fingerprint density at radius 2 is 2.26 bits per heavy atom. The molecule has 0 bridgehead atoms. The molecule has 0 unspecified atom stereocenters. The van der Waals surface area contributed by atoms with Gasteiger partial charge in [0.15, 0.2) is 0 Å². The van der Waals surface area contributed by atoms with Gasteiger partial charge in [-0.15, -0.1) is 0 Å². The fraction of sp³-hybridized carbons (Fsp3) is 0.800. The molecular formula is C15H27N3O4S. The van der Waals surface area contributed by atoms with Crippen LogP contribution in [0.4, 0.5) is 0 Å². The molecule has 7 nitrogen and oxygen atoms in total. The second kappa shape index (κ2) is 7.74. The lowest BCUT2D eigenvalue weighted by Gasteiger charge is -2.26. The summed E-state index contributed by atoms with van der Waals surface area (Å²) in [7, 11) is -3.39. The minimum Gasteiger partial charge on any atom is -0.395 e. The van der Waals surface area contributed by atoms with Gasteiger partial charge < -0.3 is 14.4 Å². The Balaban J connectivity index is 2.28. The van der Waals surface area contributed by atoms with Crippen LogP contribution in [-0.4, -0.2) is 66.1 Å². The van der Waals surface area contributed by atoms with E-state index in [0.29, 0.717) is 19.6 Å². The predicted molar refractivity (Wildman–Crippen MR) is 86.9 cm³/mol. The monoisotopic (exact) mass is 345 g/mol. The number of imidazole rings is 1. The van der Waals surface area contributed by atoms with E-state index in [2.05, 4.69) is 9.88 Å². The quantitative estimate of drug-likeness (QED) is 0.745. The molecule has 1 saturated heterocycles. The third kappa shape index (κ3) is 4.76. The first-order valence-electron chi connectivity index (χ1n) is 8.04. The van der Waals surface area contributed by atoms with Crippen molar-refractivity contribution in [2.45, 2.75) is 57.1 Å². The second-order valence-electron chi connectivity index (χ2n) is 6.34. The van der Waals surface area contributed by atoms with E-state index in [9.17, 15) is 13.5 Å². The molecule has 1 N–H and O–H groups in total. The average molecular weight is 345 g/mol. The maximum absolute atomic E-state index is 12.0. The summed E-state index contributed by atoms with van der Waals surface area (Å²) in [5.41, 5.74) is 0.836. The van der Waals surface area contributed by atoms with Gasteiger partial charge in [0.1, 0.15) is 0 Å². The highest BCUT2D eigenvalue weighted by Gasteiger charge is 2.25. The number of hydrogen-bond acceptors (Lipinski definition) is 6. The molecule has 2 heterocycles. The lowest BCUT2D eigenvalue weighted by atomic mass is 10.2. The van der Waals surface area contributed by atoms with Crippen LogP contribution in [0.2, 0.25) is 0 Å². The number of rotatable bonds is 8. The maximum Gasteiger partial charge on any atom is 0.227 e. The molecule has 8 heteroatoms. The first-order chi connectivity index (χ1) is 10.8. The van der Waals surface area contributed by atoms with Crippen LogP contribution in [-0.2, 0) is 27.7 Å². The van der Waals surface area contributed by atoms with E-state index in [0.717, 1.165) is 25.1 Å². The van der Waals surface area contributed by atoms with Crippen molar-refractivity contribution in [3.63, 3.8) is 0 Å². The molecule has 0 amide bonds. The van der Waals surface area contributed by atoms with Crippen molar-refractivity contribution in [1.82, 2.24) is 14.5 Å². The molecule has 1 fully saturated rings. The van der Waals surface area contributed by atoms with Gasteiger partial charge in [-0.3, -0.25) is 4.90 Å². The molecule has 132 valence electrons. The van der Waals surface area contributed by atoms with Gasteiger partial charge in [-0.25, -0.2) is 13.4 Å². The SMILES string of the molecule is CC(C)N(CCO)Cc1cnc(S(C)(=O)=O)n1C[C@H]1CCCO1. The number of aliphatic hydroxyl groups is 1. The third-order valence-corrected chi connectivity index (χ3v) is 5.12. The van der Waals surface area contributed by atoms with Gasteiger partial charge >= 0.3 is 0 Å². The van der Waals surface area contributed by atoms with Gasteiger partial charge in [0.2, 0.25) is 15.0 Å². The number of aromatic nitrogens is 2. The smallest absolute Gasteiger partial charge is 0.227 e. The molecule has 23 heavy (non-hydrogen) atoms. The topological polar surface area (TPSA) is 84.7 Å². The Kier molecular flexibility index (Phi) is 6.19. The van der Waals surface area contributed by atoms with Gasteiger partial charge in [-0.2, -0.15) is 0 Å². The fourth-order valence-electron chi connectivity index (χ4n) is 2.86. The molecule has 0 aliphatic carbocycles. The Hall–Kier alpha value is -0.960. The normalized spacial score (nSPS) is 19.1. The zero-order valence-electron chi connectivity index (χ0n) is 14.1. The Labute approximate surface area is 138 Å². The van der Waals surface area contributed by atoms with Gasteiger partial charge in [0.05, 0.1) is 31.1 Å². The molecular weight excluding hydrogens is 318 g/mol. The molecule has 0 saturated carbocycles. The Morgan fingerprint density at radius 1 is 1.52 bits per heavy atom. The summed E-state index contributed by atoms with van der Waals surface area (Å²) in [5, 5.41) is 9.31. The van der Waals surface area contributed by atoms with Gasteiger partial charge in [-0.05, 0) is 26.7 Å². The molecule has 1 atom stereocenters. The molecule has 1 aromatic rings. The predicted octanol–water partition coefficient (Wildman–Crippen LogP) is 0.668. The number of sulfone groups is 1. The van der Waals surface area contributed by atoms with E-state index in [4.69, 9.17) is 4.74 Å². The zero-order chi connectivity index (χ0) is 17.0. The van der Waals surface area contributed by atoms with Crippen LogP contribution in [0, 0.1) is 0 Å². The Morgan fingerprint density at radius 3 is 2.78 bits per heavy atom. The van der Waals surface area contributed by atoms with Crippen molar-refractivity contribution in [2.75, 3.05) is 26.0 Å². The lowest BCUT2D eigenvalue weighted by molar-refractivity contribution is 0.0922. The van der Waals surface area contributed by atoms with Crippen LogP contribution in [0.3, 0.4) is 0 Å². The highest BCUT2D eigenvalue weighted by atomic mass is 32.2. The van der Waals surface area contributed by atoms with E-state index in [1.54, 1.807) is 10.8 Å².